The lowest BCUT2D eigenvalue weighted by Gasteiger charge is -2.18. The van der Waals surface area contributed by atoms with Gasteiger partial charge in [-0.15, -0.1) is 13.2 Å². The third-order valence-electron chi connectivity index (χ3n) is 4.23. The zero-order valence-corrected chi connectivity index (χ0v) is 14.7. The Bertz CT molecular complexity index is 998. The Hall–Kier alpha value is -3.35. The van der Waals surface area contributed by atoms with Crippen LogP contribution in [-0.2, 0) is 0 Å². The lowest BCUT2D eigenvalue weighted by Crippen LogP contribution is -2.18. The standard InChI is InChI=1S/C21H14F3O4/c1-25-15-8-5-13(6-9-15)16-3-2-4-17(20(16)28-21(22,23)24)14-7-10-18-19(11-14)27-12-26-18/h2,4-11H,12H2,1H3. The normalized spacial score (nSPS) is 12.7. The molecule has 0 amide bonds. The van der Waals surface area contributed by atoms with Gasteiger partial charge in [0.2, 0.25) is 6.79 Å². The molecule has 1 aliphatic heterocycles. The van der Waals surface area contributed by atoms with E-state index in [0.717, 1.165) is 0 Å². The zero-order chi connectivity index (χ0) is 19.7. The van der Waals surface area contributed by atoms with Crippen molar-refractivity contribution >= 4 is 0 Å². The quantitative estimate of drug-likeness (QED) is 0.596. The summed E-state index contributed by atoms with van der Waals surface area (Å²) in [5.74, 6) is 1.27. The highest BCUT2D eigenvalue weighted by Crippen LogP contribution is 2.44. The summed E-state index contributed by atoms with van der Waals surface area (Å²) in [6, 6.07) is 17.5. The molecule has 3 aromatic carbocycles. The highest BCUT2D eigenvalue weighted by molar-refractivity contribution is 5.83. The summed E-state index contributed by atoms with van der Waals surface area (Å²) in [5.41, 5.74) is 1.48. The van der Waals surface area contributed by atoms with Gasteiger partial charge in [0.1, 0.15) is 11.5 Å². The van der Waals surface area contributed by atoms with Gasteiger partial charge in [0.05, 0.1) is 7.11 Å². The molecule has 0 N–H and O–H groups in total. The third-order valence-corrected chi connectivity index (χ3v) is 4.23. The largest absolute Gasteiger partial charge is 0.573 e. The van der Waals surface area contributed by atoms with E-state index in [0.29, 0.717) is 28.4 Å². The molecule has 0 aromatic heterocycles. The molecule has 7 heteroatoms. The smallest absolute Gasteiger partial charge is 0.497 e. The van der Waals surface area contributed by atoms with Crippen LogP contribution in [0.1, 0.15) is 0 Å². The van der Waals surface area contributed by atoms with E-state index in [1.807, 2.05) is 0 Å². The predicted molar refractivity (Wildman–Crippen MR) is 95.5 cm³/mol. The number of fused-ring (bicyclic) bond motifs is 1. The molecule has 1 aliphatic rings. The van der Waals surface area contributed by atoms with Crippen molar-refractivity contribution in [3.63, 3.8) is 0 Å². The SMILES string of the molecule is COc1ccc(-c2[c]ccc(-c3ccc4c(c3)OCO4)c2OC(F)(F)F)cc1. The Morgan fingerprint density at radius 3 is 2.36 bits per heavy atom. The molecule has 0 bridgehead atoms. The van der Waals surface area contributed by atoms with Crippen molar-refractivity contribution in [1.82, 2.24) is 0 Å². The van der Waals surface area contributed by atoms with Crippen LogP contribution in [0.5, 0.6) is 23.0 Å². The van der Waals surface area contributed by atoms with Crippen LogP contribution in [0.4, 0.5) is 13.2 Å². The number of hydrogen-bond donors (Lipinski definition) is 0. The van der Waals surface area contributed by atoms with Crippen molar-refractivity contribution in [2.24, 2.45) is 0 Å². The number of rotatable bonds is 4. The maximum absolute atomic E-state index is 13.2. The highest BCUT2D eigenvalue weighted by atomic mass is 19.4. The Labute approximate surface area is 159 Å². The van der Waals surface area contributed by atoms with Crippen LogP contribution in [0.15, 0.2) is 54.6 Å². The van der Waals surface area contributed by atoms with Crippen molar-refractivity contribution in [2.45, 2.75) is 6.36 Å². The van der Waals surface area contributed by atoms with E-state index in [1.165, 1.54) is 13.2 Å². The molecule has 4 rings (SSSR count). The molecule has 0 saturated heterocycles. The average Bonchev–Trinajstić information content (AvgIpc) is 3.15. The first kappa shape index (κ1) is 18.0. The van der Waals surface area contributed by atoms with Crippen LogP contribution in [0.25, 0.3) is 22.3 Å². The second-order valence-electron chi connectivity index (χ2n) is 5.94. The van der Waals surface area contributed by atoms with E-state index in [2.05, 4.69) is 10.8 Å². The maximum atomic E-state index is 13.2. The summed E-state index contributed by atoms with van der Waals surface area (Å²) >= 11 is 0. The summed E-state index contributed by atoms with van der Waals surface area (Å²) in [5, 5.41) is 0. The molecule has 1 heterocycles. The predicted octanol–water partition coefficient (Wildman–Crippen LogP) is 5.46. The van der Waals surface area contributed by atoms with E-state index in [9.17, 15) is 13.2 Å². The van der Waals surface area contributed by atoms with Crippen LogP contribution in [0.3, 0.4) is 0 Å². The minimum absolute atomic E-state index is 0.0738. The first-order chi connectivity index (χ1) is 13.4. The average molecular weight is 387 g/mol. The highest BCUT2D eigenvalue weighted by Gasteiger charge is 2.34. The molecule has 0 spiro atoms. The van der Waals surface area contributed by atoms with Gasteiger partial charge in [-0.3, -0.25) is 0 Å². The number of hydrogen-bond acceptors (Lipinski definition) is 4. The van der Waals surface area contributed by atoms with Crippen LogP contribution < -0.4 is 18.9 Å². The molecule has 28 heavy (non-hydrogen) atoms. The van der Waals surface area contributed by atoms with Crippen LogP contribution in [0.2, 0.25) is 0 Å². The summed E-state index contributed by atoms with van der Waals surface area (Å²) < 4.78 is 59.6. The molecular formula is C21H14F3O4. The fraction of sp³-hybridized carbons (Fsp3) is 0.143. The van der Waals surface area contributed by atoms with Gasteiger partial charge >= 0.3 is 6.36 Å². The van der Waals surface area contributed by atoms with E-state index >= 15 is 0 Å². The summed E-state index contributed by atoms with van der Waals surface area (Å²) in [6.07, 6.45) is -4.86. The number of alkyl halides is 3. The second-order valence-corrected chi connectivity index (χ2v) is 5.94. The van der Waals surface area contributed by atoms with Crippen molar-refractivity contribution in [3.8, 4) is 45.3 Å². The van der Waals surface area contributed by atoms with E-state index in [-0.39, 0.29) is 23.7 Å². The molecule has 0 unspecified atom stereocenters. The van der Waals surface area contributed by atoms with Gasteiger partial charge in [0.15, 0.2) is 11.5 Å². The fourth-order valence-corrected chi connectivity index (χ4v) is 2.97. The lowest BCUT2D eigenvalue weighted by molar-refractivity contribution is -0.274. The monoisotopic (exact) mass is 387 g/mol. The Kier molecular flexibility index (Phi) is 4.50. The van der Waals surface area contributed by atoms with E-state index in [1.54, 1.807) is 48.5 Å². The molecule has 1 radical (unpaired) electrons. The molecule has 0 aliphatic carbocycles. The maximum Gasteiger partial charge on any atom is 0.573 e. The molecule has 0 fully saturated rings. The van der Waals surface area contributed by atoms with Crippen LogP contribution in [0, 0.1) is 6.07 Å². The van der Waals surface area contributed by atoms with Gasteiger partial charge in [-0.1, -0.05) is 24.3 Å². The minimum atomic E-state index is -4.86. The van der Waals surface area contributed by atoms with Crippen LogP contribution >= 0.6 is 0 Å². The number of methoxy groups -OCH3 is 1. The molecule has 0 saturated carbocycles. The Balaban J connectivity index is 1.86. The minimum Gasteiger partial charge on any atom is -0.497 e. The first-order valence-electron chi connectivity index (χ1n) is 8.29. The summed E-state index contributed by atoms with van der Waals surface area (Å²) in [6.45, 7) is 0.0738. The number of benzene rings is 3. The number of halogens is 3. The molecular weight excluding hydrogens is 373 g/mol. The van der Waals surface area contributed by atoms with E-state index in [4.69, 9.17) is 14.2 Å². The van der Waals surface area contributed by atoms with E-state index < -0.39 is 6.36 Å². The van der Waals surface area contributed by atoms with Crippen molar-refractivity contribution < 1.29 is 32.1 Å². The lowest BCUT2D eigenvalue weighted by atomic mass is 9.97. The topological polar surface area (TPSA) is 36.9 Å². The van der Waals surface area contributed by atoms with Crippen molar-refractivity contribution in [1.29, 1.82) is 0 Å². The van der Waals surface area contributed by atoms with Crippen LogP contribution in [-0.4, -0.2) is 20.3 Å². The molecule has 0 atom stereocenters. The Morgan fingerprint density at radius 2 is 1.64 bits per heavy atom. The van der Waals surface area contributed by atoms with Crippen molar-refractivity contribution in [2.75, 3.05) is 13.9 Å². The first-order valence-corrected chi connectivity index (χ1v) is 8.29. The van der Waals surface area contributed by atoms with Gasteiger partial charge in [0.25, 0.3) is 0 Å². The Morgan fingerprint density at radius 1 is 0.929 bits per heavy atom. The molecule has 3 aromatic rings. The number of ether oxygens (including phenoxy) is 4. The van der Waals surface area contributed by atoms with Crippen molar-refractivity contribution in [3.05, 3.63) is 60.7 Å². The fourth-order valence-electron chi connectivity index (χ4n) is 2.97. The molecule has 4 nitrogen and oxygen atoms in total. The van der Waals surface area contributed by atoms with Gasteiger partial charge in [-0.2, -0.15) is 0 Å². The third kappa shape index (κ3) is 3.55. The zero-order valence-electron chi connectivity index (χ0n) is 14.7. The van der Waals surface area contributed by atoms with Gasteiger partial charge < -0.3 is 18.9 Å². The van der Waals surface area contributed by atoms with Gasteiger partial charge in [-0.25, -0.2) is 0 Å². The summed E-state index contributed by atoms with van der Waals surface area (Å²) in [7, 11) is 1.51. The second kappa shape index (κ2) is 6.99. The van der Waals surface area contributed by atoms with Gasteiger partial charge in [0, 0.05) is 11.1 Å². The summed E-state index contributed by atoms with van der Waals surface area (Å²) in [4.78, 5) is 0. The van der Waals surface area contributed by atoms with Gasteiger partial charge in [-0.05, 0) is 47.5 Å². The molecule has 143 valence electrons.